The van der Waals surface area contributed by atoms with E-state index in [1.807, 2.05) is 18.7 Å². The van der Waals surface area contributed by atoms with Crippen molar-refractivity contribution in [3.05, 3.63) is 18.0 Å². The zero-order valence-corrected chi connectivity index (χ0v) is 14.5. The van der Waals surface area contributed by atoms with E-state index in [9.17, 15) is 8.42 Å². The van der Waals surface area contributed by atoms with E-state index in [-0.39, 0.29) is 6.04 Å². The lowest BCUT2D eigenvalue weighted by atomic mass is 10.1. The zero-order valence-electron chi connectivity index (χ0n) is 13.6. The van der Waals surface area contributed by atoms with Crippen molar-refractivity contribution in [2.24, 2.45) is 7.05 Å². The van der Waals surface area contributed by atoms with E-state index < -0.39 is 10.0 Å². The Labute approximate surface area is 129 Å². The van der Waals surface area contributed by atoms with Crippen LogP contribution in [0.4, 0.5) is 0 Å². The summed E-state index contributed by atoms with van der Waals surface area (Å²) >= 11 is 0. The van der Waals surface area contributed by atoms with E-state index in [0.29, 0.717) is 11.4 Å². The van der Waals surface area contributed by atoms with Crippen LogP contribution in [0.1, 0.15) is 51.6 Å². The van der Waals surface area contributed by atoms with Gasteiger partial charge in [0.15, 0.2) is 0 Å². The van der Waals surface area contributed by atoms with Crippen molar-refractivity contribution < 1.29 is 8.42 Å². The number of hydrogen-bond acceptors (Lipinski definition) is 3. The van der Waals surface area contributed by atoms with Crippen molar-refractivity contribution in [3.63, 3.8) is 0 Å². The molecule has 2 N–H and O–H groups in total. The van der Waals surface area contributed by atoms with Crippen LogP contribution in [0, 0.1) is 0 Å². The number of aromatic nitrogens is 1. The van der Waals surface area contributed by atoms with Gasteiger partial charge in [-0.1, -0.05) is 33.1 Å². The van der Waals surface area contributed by atoms with E-state index in [4.69, 9.17) is 0 Å². The standard InChI is InChI=1S/C15H29N3O2S/c1-5-7-9-13(8-6-2)17-21(19,20)15-10-14(11-16-3)18(4)12-15/h10,12-13,16-17H,5-9,11H2,1-4H3. The van der Waals surface area contributed by atoms with Crippen LogP contribution >= 0.6 is 0 Å². The first-order chi connectivity index (χ1) is 9.94. The molecule has 0 saturated carbocycles. The highest BCUT2D eigenvalue weighted by molar-refractivity contribution is 7.89. The van der Waals surface area contributed by atoms with Gasteiger partial charge in [-0.05, 0) is 26.0 Å². The Morgan fingerprint density at radius 2 is 1.95 bits per heavy atom. The first kappa shape index (κ1) is 18.2. The van der Waals surface area contributed by atoms with Gasteiger partial charge in [-0.2, -0.15) is 0 Å². The van der Waals surface area contributed by atoms with Gasteiger partial charge in [0.1, 0.15) is 0 Å². The van der Waals surface area contributed by atoms with Gasteiger partial charge in [0.2, 0.25) is 10.0 Å². The van der Waals surface area contributed by atoms with Crippen LogP contribution in [0.15, 0.2) is 17.2 Å². The average molecular weight is 315 g/mol. The third-order valence-electron chi connectivity index (χ3n) is 3.62. The van der Waals surface area contributed by atoms with Crippen LogP contribution in [0.2, 0.25) is 0 Å². The molecule has 1 aromatic heterocycles. The first-order valence-corrected chi connectivity index (χ1v) is 9.25. The third kappa shape index (κ3) is 5.45. The summed E-state index contributed by atoms with van der Waals surface area (Å²) in [5.41, 5.74) is 0.957. The quantitative estimate of drug-likeness (QED) is 0.697. The maximum absolute atomic E-state index is 12.5. The maximum atomic E-state index is 12.5. The van der Waals surface area contributed by atoms with Gasteiger partial charge in [0.25, 0.3) is 0 Å². The molecular weight excluding hydrogens is 286 g/mol. The van der Waals surface area contributed by atoms with E-state index in [0.717, 1.165) is 37.8 Å². The minimum Gasteiger partial charge on any atom is -0.352 e. The molecular formula is C15H29N3O2S. The molecule has 1 unspecified atom stereocenters. The second kappa shape index (κ2) is 8.56. The van der Waals surface area contributed by atoms with Crippen molar-refractivity contribution in [1.29, 1.82) is 0 Å². The lowest BCUT2D eigenvalue weighted by Crippen LogP contribution is -2.34. The number of nitrogens with one attached hydrogen (secondary N) is 2. The van der Waals surface area contributed by atoms with Gasteiger partial charge in [-0.3, -0.25) is 0 Å². The largest absolute Gasteiger partial charge is 0.352 e. The summed E-state index contributed by atoms with van der Waals surface area (Å²) in [5, 5.41) is 3.04. The van der Waals surface area contributed by atoms with Gasteiger partial charge in [-0.15, -0.1) is 0 Å². The van der Waals surface area contributed by atoms with Crippen LogP contribution < -0.4 is 10.0 Å². The number of hydrogen-bond donors (Lipinski definition) is 2. The Hall–Kier alpha value is -0.850. The molecule has 0 aromatic carbocycles. The number of sulfonamides is 1. The van der Waals surface area contributed by atoms with E-state index in [1.165, 1.54) is 0 Å². The fraction of sp³-hybridized carbons (Fsp3) is 0.733. The van der Waals surface area contributed by atoms with Gasteiger partial charge < -0.3 is 9.88 Å². The molecule has 1 aromatic rings. The fourth-order valence-corrected chi connectivity index (χ4v) is 3.83. The molecule has 5 nitrogen and oxygen atoms in total. The summed E-state index contributed by atoms with van der Waals surface area (Å²) in [6.07, 6.45) is 6.58. The molecule has 0 aliphatic heterocycles. The molecule has 1 rings (SSSR count). The summed E-state index contributed by atoms with van der Waals surface area (Å²) in [5.74, 6) is 0. The summed E-state index contributed by atoms with van der Waals surface area (Å²) in [6, 6.07) is 1.77. The number of nitrogens with zero attached hydrogens (tertiary/aromatic N) is 1. The third-order valence-corrected chi connectivity index (χ3v) is 5.10. The monoisotopic (exact) mass is 315 g/mol. The Morgan fingerprint density at radius 3 is 2.52 bits per heavy atom. The van der Waals surface area contributed by atoms with Crippen LogP contribution in [-0.2, 0) is 23.6 Å². The van der Waals surface area contributed by atoms with Crippen molar-refractivity contribution in [3.8, 4) is 0 Å². The highest BCUT2D eigenvalue weighted by Crippen LogP contribution is 2.16. The van der Waals surface area contributed by atoms with Crippen LogP contribution in [-0.4, -0.2) is 26.1 Å². The summed E-state index contributed by atoms with van der Waals surface area (Å²) in [4.78, 5) is 0.354. The van der Waals surface area contributed by atoms with Crippen LogP contribution in [0.25, 0.3) is 0 Å². The van der Waals surface area contributed by atoms with Gasteiger partial charge in [-0.25, -0.2) is 13.1 Å². The fourth-order valence-electron chi connectivity index (χ4n) is 2.43. The highest BCUT2D eigenvalue weighted by atomic mass is 32.2. The SMILES string of the molecule is CCCCC(CCC)NS(=O)(=O)c1cc(CNC)n(C)c1. The zero-order chi connectivity index (χ0) is 15.9. The minimum absolute atomic E-state index is 0.0351. The molecule has 1 heterocycles. The summed E-state index contributed by atoms with van der Waals surface area (Å²) < 4.78 is 29.7. The Morgan fingerprint density at radius 1 is 1.24 bits per heavy atom. The normalized spacial score (nSPS) is 13.5. The Bertz CT molecular complexity index is 523. The molecule has 0 amide bonds. The molecule has 0 aliphatic rings. The second-order valence-corrected chi connectivity index (χ2v) is 7.27. The predicted octanol–water partition coefficient (Wildman–Crippen LogP) is 2.38. The maximum Gasteiger partial charge on any atom is 0.242 e. The van der Waals surface area contributed by atoms with Gasteiger partial charge >= 0.3 is 0 Å². The number of aryl methyl sites for hydroxylation is 1. The van der Waals surface area contributed by atoms with Gasteiger partial charge in [0.05, 0.1) is 4.90 Å². The summed E-state index contributed by atoms with van der Waals surface area (Å²) in [7, 11) is 0.285. The number of unbranched alkanes of at least 4 members (excludes halogenated alkanes) is 1. The topological polar surface area (TPSA) is 63.1 Å². The highest BCUT2D eigenvalue weighted by Gasteiger charge is 2.21. The van der Waals surface area contributed by atoms with Crippen molar-refractivity contribution in [2.75, 3.05) is 7.05 Å². The molecule has 0 aliphatic carbocycles. The first-order valence-electron chi connectivity index (χ1n) is 7.76. The lowest BCUT2D eigenvalue weighted by molar-refractivity contribution is 0.483. The molecule has 1 atom stereocenters. The van der Waals surface area contributed by atoms with E-state index in [2.05, 4.69) is 23.9 Å². The smallest absolute Gasteiger partial charge is 0.242 e. The molecule has 122 valence electrons. The van der Waals surface area contributed by atoms with E-state index >= 15 is 0 Å². The Balaban J connectivity index is 2.85. The Kier molecular flexibility index (Phi) is 7.42. The minimum atomic E-state index is -3.43. The molecule has 0 radical (unpaired) electrons. The predicted molar refractivity (Wildman–Crippen MR) is 86.7 cm³/mol. The molecule has 0 fully saturated rings. The second-order valence-electron chi connectivity index (χ2n) is 5.56. The van der Waals surface area contributed by atoms with Crippen molar-refractivity contribution in [1.82, 2.24) is 14.6 Å². The molecule has 0 bridgehead atoms. The molecule has 21 heavy (non-hydrogen) atoms. The van der Waals surface area contributed by atoms with Gasteiger partial charge in [0, 0.05) is 31.5 Å². The summed E-state index contributed by atoms with van der Waals surface area (Å²) in [6.45, 7) is 4.86. The van der Waals surface area contributed by atoms with Crippen molar-refractivity contribution in [2.45, 2.75) is 63.4 Å². The van der Waals surface area contributed by atoms with Crippen LogP contribution in [0.3, 0.4) is 0 Å². The van der Waals surface area contributed by atoms with Crippen LogP contribution in [0.5, 0.6) is 0 Å². The molecule has 0 saturated heterocycles. The lowest BCUT2D eigenvalue weighted by Gasteiger charge is -2.17. The molecule has 6 heteroatoms. The van der Waals surface area contributed by atoms with E-state index in [1.54, 1.807) is 12.3 Å². The molecule has 0 spiro atoms. The van der Waals surface area contributed by atoms with Crippen molar-refractivity contribution >= 4 is 10.0 Å². The number of rotatable bonds is 10. The average Bonchev–Trinajstić information content (AvgIpc) is 2.79.